The summed E-state index contributed by atoms with van der Waals surface area (Å²) in [5, 5.41) is 12.8. The summed E-state index contributed by atoms with van der Waals surface area (Å²) in [5.74, 6) is -1.78. The molecule has 0 radical (unpaired) electrons. The number of carbonyl (C=O) groups is 2. The van der Waals surface area contributed by atoms with Gasteiger partial charge in [0.15, 0.2) is 5.69 Å². The molecule has 0 saturated heterocycles. The van der Waals surface area contributed by atoms with Crippen molar-refractivity contribution in [2.45, 2.75) is 25.8 Å². The van der Waals surface area contributed by atoms with Gasteiger partial charge < -0.3 is 16.6 Å². The monoisotopic (exact) mass is 226 g/mol. The molecule has 0 fully saturated rings. The lowest BCUT2D eigenvalue weighted by molar-refractivity contribution is -0.141. The van der Waals surface area contributed by atoms with Crippen molar-refractivity contribution in [1.29, 1.82) is 0 Å². The fraction of sp³-hybridized carbons (Fsp3) is 0.444. The molecule has 1 amide bonds. The summed E-state index contributed by atoms with van der Waals surface area (Å²) < 4.78 is 1.17. The van der Waals surface area contributed by atoms with Crippen LogP contribution in [0.25, 0.3) is 0 Å². The van der Waals surface area contributed by atoms with Crippen molar-refractivity contribution < 1.29 is 14.7 Å². The number of carboxylic acid groups (broad SMARTS) is 1. The van der Waals surface area contributed by atoms with Gasteiger partial charge in [0.25, 0.3) is 5.91 Å². The molecule has 5 N–H and O–H groups in total. The maximum Gasteiger partial charge on any atom is 0.328 e. The minimum absolute atomic E-state index is 0.0925. The van der Waals surface area contributed by atoms with Crippen LogP contribution in [0.1, 0.15) is 36.3 Å². The highest BCUT2D eigenvalue weighted by Crippen LogP contribution is 2.17. The number of nitrogens with two attached hydrogens (primary N) is 2. The third-order valence-electron chi connectivity index (χ3n) is 2.16. The Morgan fingerprint density at radius 2 is 2.25 bits per heavy atom. The van der Waals surface area contributed by atoms with Crippen LogP contribution in [0.2, 0.25) is 0 Å². The Bertz CT molecular complexity index is 413. The number of hydrogen-bond donors (Lipinski definition) is 3. The van der Waals surface area contributed by atoms with Crippen molar-refractivity contribution in [1.82, 2.24) is 9.78 Å². The lowest BCUT2D eigenvalue weighted by atomic mass is 10.2. The van der Waals surface area contributed by atoms with Crippen LogP contribution in [-0.4, -0.2) is 26.8 Å². The van der Waals surface area contributed by atoms with Gasteiger partial charge in [-0.2, -0.15) is 5.10 Å². The molecular weight excluding hydrogens is 212 g/mol. The molecule has 0 aliphatic rings. The second-order valence-electron chi connectivity index (χ2n) is 3.42. The number of primary amides is 1. The summed E-state index contributed by atoms with van der Waals surface area (Å²) in [6.07, 6.45) is 2.41. The first-order valence-electron chi connectivity index (χ1n) is 4.84. The Kier molecular flexibility index (Phi) is 3.49. The first-order chi connectivity index (χ1) is 7.47. The second kappa shape index (κ2) is 4.65. The van der Waals surface area contributed by atoms with Crippen LogP contribution >= 0.6 is 0 Å². The molecule has 1 unspecified atom stereocenters. The van der Waals surface area contributed by atoms with Gasteiger partial charge in [0.1, 0.15) is 6.04 Å². The van der Waals surface area contributed by atoms with Gasteiger partial charge in [0.2, 0.25) is 0 Å². The molecule has 1 aromatic rings. The molecule has 1 heterocycles. The topological polar surface area (TPSA) is 124 Å². The van der Waals surface area contributed by atoms with Crippen LogP contribution in [-0.2, 0) is 4.79 Å². The maximum absolute atomic E-state index is 11.0. The minimum atomic E-state index is -1.01. The van der Waals surface area contributed by atoms with Gasteiger partial charge in [-0.3, -0.25) is 9.48 Å². The van der Waals surface area contributed by atoms with Crippen molar-refractivity contribution >= 4 is 17.6 Å². The van der Waals surface area contributed by atoms with Crippen molar-refractivity contribution in [2.24, 2.45) is 5.73 Å². The number of nitrogen functional groups attached to an aromatic ring is 1. The Morgan fingerprint density at radius 1 is 1.62 bits per heavy atom. The van der Waals surface area contributed by atoms with Gasteiger partial charge in [0.05, 0.1) is 5.69 Å². The summed E-state index contributed by atoms with van der Waals surface area (Å²) in [5.41, 5.74) is 10.5. The summed E-state index contributed by atoms with van der Waals surface area (Å²) >= 11 is 0. The number of nitrogens with zero attached hydrogens (tertiary/aromatic N) is 2. The van der Waals surface area contributed by atoms with E-state index in [4.69, 9.17) is 16.6 Å². The van der Waals surface area contributed by atoms with Crippen LogP contribution in [0.4, 0.5) is 5.69 Å². The normalized spacial score (nSPS) is 12.3. The second-order valence-corrected chi connectivity index (χ2v) is 3.42. The zero-order valence-electron chi connectivity index (χ0n) is 8.88. The summed E-state index contributed by atoms with van der Waals surface area (Å²) in [6.45, 7) is 1.86. The predicted molar refractivity (Wildman–Crippen MR) is 56.7 cm³/mol. The van der Waals surface area contributed by atoms with E-state index in [0.29, 0.717) is 12.8 Å². The van der Waals surface area contributed by atoms with E-state index in [1.807, 2.05) is 6.92 Å². The largest absolute Gasteiger partial charge is 0.480 e. The SMILES string of the molecule is CCCC(C(=O)O)n1cc(N)c(C(N)=O)n1. The molecule has 0 saturated carbocycles. The molecule has 7 heteroatoms. The van der Waals surface area contributed by atoms with Gasteiger partial charge in [-0.15, -0.1) is 0 Å². The molecule has 0 aromatic carbocycles. The van der Waals surface area contributed by atoms with Crippen LogP contribution in [0, 0.1) is 0 Å². The first kappa shape index (κ1) is 12.0. The Balaban J connectivity index is 3.06. The highest BCUT2D eigenvalue weighted by atomic mass is 16.4. The van der Waals surface area contributed by atoms with Gasteiger partial charge in [0, 0.05) is 6.20 Å². The molecule has 0 aliphatic carbocycles. The van der Waals surface area contributed by atoms with Gasteiger partial charge in [-0.25, -0.2) is 4.79 Å². The van der Waals surface area contributed by atoms with E-state index in [1.54, 1.807) is 0 Å². The number of carbonyl (C=O) groups excluding carboxylic acids is 1. The average molecular weight is 226 g/mol. The molecule has 0 bridgehead atoms. The van der Waals surface area contributed by atoms with Crippen molar-refractivity contribution in [3.63, 3.8) is 0 Å². The first-order valence-corrected chi connectivity index (χ1v) is 4.84. The quantitative estimate of drug-likeness (QED) is 0.651. The van der Waals surface area contributed by atoms with E-state index >= 15 is 0 Å². The molecular formula is C9H14N4O3. The summed E-state index contributed by atoms with van der Waals surface area (Å²) in [7, 11) is 0. The van der Waals surface area contributed by atoms with E-state index in [9.17, 15) is 9.59 Å². The van der Waals surface area contributed by atoms with E-state index in [-0.39, 0.29) is 11.4 Å². The number of hydrogen-bond acceptors (Lipinski definition) is 4. The summed E-state index contributed by atoms with van der Waals surface area (Å²) in [6, 6.07) is -0.819. The number of anilines is 1. The summed E-state index contributed by atoms with van der Waals surface area (Å²) in [4.78, 5) is 21.9. The highest BCUT2D eigenvalue weighted by molar-refractivity contribution is 5.95. The van der Waals surface area contributed by atoms with E-state index < -0.39 is 17.9 Å². The number of carboxylic acids is 1. The molecule has 1 atom stereocenters. The zero-order valence-corrected chi connectivity index (χ0v) is 8.88. The molecule has 16 heavy (non-hydrogen) atoms. The third kappa shape index (κ3) is 2.30. The number of rotatable bonds is 5. The third-order valence-corrected chi connectivity index (χ3v) is 2.16. The van der Waals surface area contributed by atoms with E-state index in [1.165, 1.54) is 10.9 Å². The van der Waals surface area contributed by atoms with Crippen molar-refractivity contribution in [2.75, 3.05) is 5.73 Å². The van der Waals surface area contributed by atoms with Crippen LogP contribution in [0.5, 0.6) is 0 Å². The molecule has 88 valence electrons. The fourth-order valence-electron chi connectivity index (χ4n) is 1.40. The molecule has 0 aliphatic heterocycles. The Morgan fingerprint density at radius 3 is 2.62 bits per heavy atom. The number of aromatic nitrogens is 2. The minimum Gasteiger partial charge on any atom is -0.480 e. The molecule has 1 rings (SSSR count). The Labute approximate surface area is 92.0 Å². The predicted octanol–water partition coefficient (Wildman–Crippen LogP) is -0.01000. The lowest BCUT2D eigenvalue weighted by Gasteiger charge is -2.10. The number of aliphatic carboxylic acids is 1. The fourth-order valence-corrected chi connectivity index (χ4v) is 1.40. The smallest absolute Gasteiger partial charge is 0.328 e. The van der Waals surface area contributed by atoms with Crippen molar-refractivity contribution in [3.8, 4) is 0 Å². The van der Waals surface area contributed by atoms with E-state index in [2.05, 4.69) is 5.10 Å². The molecule has 7 nitrogen and oxygen atoms in total. The van der Waals surface area contributed by atoms with Gasteiger partial charge in [-0.05, 0) is 6.42 Å². The van der Waals surface area contributed by atoms with Crippen LogP contribution in [0.3, 0.4) is 0 Å². The van der Waals surface area contributed by atoms with Crippen molar-refractivity contribution in [3.05, 3.63) is 11.9 Å². The van der Waals surface area contributed by atoms with Gasteiger partial charge in [-0.1, -0.05) is 13.3 Å². The van der Waals surface area contributed by atoms with Crippen LogP contribution < -0.4 is 11.5 Å². The average Bonchev–Trinajstić information content (AvgIpc) is 2.56. The zero-order chi connectivity index (χ0) is 12.3. The Hall–Kier alpha value is -2.05. The van der Waals surface area contributed by atoms with E-state index in [0.717, 1.165) is 0 Å². The highest BCUT2D eigenvalue weighted by Gasteiger charge is 2.22. The maximum atomic E-state index is 11.0. The lowest BCUT2D eigenvalue weighted by Crippen LogP contribution is -2.20. The number of amides is 1. The molecule has 0 spiro atoms. The molecule has 1 aromatic heterocycles. The standard InChI is InChI=1S/C9H14N4O3/c1-2-3-6(9(15)16)13-4-5(10)7(12-13)8(11)14/h4,6H,2-3,10H2,1H3,(H2,11,14)(H,15,16). The van der Waals surface area contributed by atoms with Gasteiger partial charge >= 0.3 is 5.97 Å². The van der Waals surface area contributed by atoms with Crippen LogP contribution in [0.15, 0.2) is 6.20 Å².